The fourth-order valence-corrected chi connectivity index (χ4v) is 8.36. The van der Waals surface area contributed by atoms with E-state index >= 15 is 0 Å². The molecule has 4 fully saturated rings. The van der Waals surface area contributed by atoms with Crippen LogP contribution in [0.25, 0.3) is 0 Å². The molecular weight excluding hydrogens is 408 g/mol. The molecule has 0 bridgehead atoms. The van der Waals surface area contributed by atoms with Gasteiger partial charge in [-0.1, -0.05) is 13.8 Å². The number of carbonyl (C=O) groups is 2. The SMILES string of the molecule is COCCNC(=O)OC1CCC2(C)C(CCC3C2CCC2(C)C(C(=O)OC)CCC32N)C1. The Balaban J connectivity index is 1.45. The summed E-state index contributed by atoms with van der Waals surface area (Å²) >= 11 is 0. The van der Waals surface area contributed by atoms with Crippen LogP contribution in [0.1, 0.15) is 71.6 Å². The highest BCUT2D eigenvalue weighted by molar-refractivity contribution is 5.74. The zero-order valence-corrected chi connectivity index (χ0v) is 20.3. The summed E-state index contributed by atoms with van der Waals surface area (Å²) in [5.74, 6) is 1.42. The molecule has 32 heavy (non-hydrogen) atoms. The van der Waals surface area contributed by atoms with Gasteiger partial charge >= 0.3 is 12.1 Å². The maximum atomic E-state index is 12.5. The first kappa shape index (κ1) is 23.8. The van der Waals surface area contributed by atoms with Crippen LogP contribution in [0.5, 0.6) is 0 Å². The summed E-state index contributed by atoms with van der Waals surface area (Å²) in [6.45, 7) is 5.66. The molecule has 4 aliphatic carbocycles. The van der Waals surface area contributed by atoms with Crippen LogP contribution < -0.4 is 11.1 Å². The van der Waals surface area contributed by atoms with Crippen LogP contribution >= 0.6 is 0 Å². The van der Waals surface area contributed by atoms with Crippen LogP contribution in [-0.2, 0) is 19.0 Å². The molecule has 8 unspecified atom stereocenters. The molecule has 4 aliphatic rings. The molecule has 0 radical (unpaired) electrons. The third kappa shape index (κ3) is 3.64. The van der Waals surface area contributed by atoms with Gasteiger partial charge in [-0.2, -0.15) is 0 Å². The summed E-state index contributed by atoms with van der Waals surface area (Å²) < 4.78 is 15.9. The fourth-order valence-electron chi connectivity index (χ4n) is 8.36. The van der Waals surface area contributed by atoms with E-state index in [1.807, 2.05) is 0 Å². The van der Waals surface area contributed by atoms with Crippen LogP contribution in [-0.4, -0.2) is 51.1 Å². The van der Waals surface area contributed by atoms with Gasteiger partial charge in [0.25, 0.3) is 0 Å². The molecule has 1 amide bonds. The molecule has 0 aromatic carbocycles. The van der Waals surface area contributed by atoms with Crippen LogP contribution in [0.3, 0.4) is 0 Å². The first-order chi connectivity index (χ1) is 15.2. The number of carbonyl (C=O) groups excluding carboxylic acids is 2. The molecule has 4 saturated carbocycles. The second-order valence-corrected chi connectivity index (χ2v) is 11.3. The Morgan fingerprint density at radius 2 is 1.78 bits per heavy atom. The van der Waals surface area contributed by atoms with Gasteiger partial charge in [-0.15, -0.1) is 0 Å². The lowest BCUT2D eigenvalue weighted by Crippen LogP contribution is -2.66. The standard InChI is InChI=1S/C25H42N2O5/c1-23-10-7-17(32-22(29)27-13-14-30-3)15-16(23)5-6-19-18(23)8-11-24(2)20(21(28)31-4)9-12-25(19,24)26/h16-20H,5-15,26H2,1-4H3,(H,27,29). The number of hydrogen-bond acceptors (Lipinski definition) is 6. The zero-order chi connectivity index (χ0) is 23.1. The molecule has 8 atom stereocenters. The number of hydrogen-bond donors (Lipinski definition) is 2. The second-order valence-electron chi connectivity index (χ2n) is 11.3. The molecule has 7 heteroatoms. The average molecular weight is 451 g/mol. The van der Waals surface area contributed by atoms with Gasteiger partial charge < -0.3 is 25.3 Å². The molecule has 0 heterocycles. The van der Waals surface area contributed by atoms with Crippen molar-refractivity contribution in [1.82, 2.24) is 5.32 Å². The molecule has 182 valence electrons. The molecule has 0 aromatic heterocycles. The van der Waals surface area contributed by atoms with Crippen molar-refractivity contribution >= 4 is 12.1 Å². The van der Waals surface area contributed by atoms with Crippen molar-refractivity contribution in [2.45, 2.75) is 83.3 Å². The first-order valence-corrected chi connectivity index (χ1v) is 12.5. The Morgan fingerprint density at radius 1 is 1.00 bits per heavy atom. The third-order valence-electron chi connectivity index (χ3n) is 10.3. The largest absolute Gasteiger partial charge is 0.469 e. The maximum Gasteiger partial charge on any atom is 0.407 e. The lowest BCUT2D eigenvalue weighted by Gasteiger charge is -2.64. The van der Waals surface area contributed by atoms with Crippen molar-refractivity contribution in [2.75, 3.05) is 27.4 Å². The second kappa shape index (κ2) is 8.79. The van der Waals surface area contributed by atoms with Gasteiger partial charge in [-0.05, 0) is 86.4 Å². The van der Waals surface area contributed by atoms with E-state index in [0.717, 1.165) is 57.8 Å². The number of alkyl carbamates (subject to hydrolysis) is 1. The minimum atomic E-state index is -0.335. The van der Waals surface area contributed by atoms with E-state index in [9.17, 15) is 9.59 Å². The number of nitrogens with one attached hydrogen (secondary N) is 1. The summed E-state index contributed by atoms with van der Waals surface area (Å²) in [5, 5.41) is 2.77. The number of ether oxygens (including phenoxy) is 3. The van der Waals surface area contributed by atoms with E-state index in [0.29, 0.717) is 30.9 Å². The van der Waals surface area contributed by atoms with Gasteiger partial charge in [0.2, 0.25) is 0 Å². The minimum Gasteiger partial charge on any atom is -0.469 e. The van der Waals surface area contributed by atoms with Crippen LogP contribution in [0.4, 0.5) is 4.79 Å². The number of esters is 1. The van der Waals surface area contributed by atoms with Gasteiger partial charge in [0.15, 0.2) is 0 Å². The monoisotopic (exact) mass is 450 g/mol. The molecule has 3 N–H and O–H groups in total. The van der Waals surface area contributed by atoms with E-state index in [1.54, 1.807) is 7.11 Å². The summed E-state index contributed by atoms with van der Waals surface area (Å²) in [6.07, 6.45) is 8.69. The van der Waals surface area contributed by atoms with E-state index in [-0.39, 0.29) is 40.5 Å². The Labute approximate surface area is 192 Å². The number of amides is 1. The van der Waals surface area contributed by atoms with E-state index in [2.05, 4.69) is 19.2 Å². The van der Waals surface area contributed by atoms with Crippen molar-refractivity contribution < 1.29 is 23.8 Å². The Hall–Kier alpha value is -1.34. The Morgan fingerprint density at radius 3 is 2.50 bits per heavy atom. The van der Waals surface area contributed by atoms with Crippen molar-refractivity contribution in [1.29, 1.82) is 0 Å². The molecular formula is C25H42N2O5. The van der Waals surface area contributed by atoms with Gasteiger partial charge in [0, 0.05) is 19.2 Å². The smallest absolute Gasteiger partial charge is 0.407 e. The predicted molar refractivity (Wildman–Crippen MR) is 121 cm³/mol. The third-order valence-corrected chi connectivity index (χ3v) is 10.3. The molecule has 0 saturated heterocycles. The van der Waals surface area contributed by atoms with Crippen LogP contribution in [0.2, 0.25) is 0 Å². The highest BCUT2D eigenvalue weighted by Gasteiger charge is 2.67. The van der Waals surface area contributed by atoms with Crippen molar-refractivity contribution in [3.8, 4) is 0 Å². The molecule has 7 nitrogen and oxygen atoms in total. The molecule has 4 rings (SSSR count). The summed E-state index contributed by atoms with van der Waals surface area (Å²) in [7, 11) is 3.12. The number of fused-ring (bicyclic) bond motifs is 5. The van der Waals surface area contributed by atoms with Crippen LogP contribution in [0, 0.1) is 34.5 Å². The quantitative estimate of drug-likeness (QED) is 0.490. The van der Waals surface area contributed by atoms with E-state index in [1.165, 1.54) is 7.11 Å². The predicted octanol–water partition coefficient (Wildman–Crippen LogP) is 3.64. The lowest BCUT2D eigenvalue weighted by atomic mass is 9.42. The van der Waals surface area contributed by atoms with Crippen LogP contribution in [0.15, 0.2) is 0 Å². The zero-order valence-electron chi connectivity index (χ0n) is 20.3. The topological polar surface area (TPSA) is 99.9 Å². The van der Waals surface area contributed by atoms with Gasteiger partial charge in [0.05, 0.1) is 19.6 Å². The normalized spacial score (nSPS) is 45.2. The first-order valence-electron chi connectivity index (χ1n) is 12.5. The fraction of sp³-hybridized carbons (Fsp3) is 0.920. The highest BCUT2D eigenvalue weighted by atomic mass is 16.6. The van der Waals surface area contributed by atoms with Gasteiger partial charge in [-0.25, -0.2) is 4.79 Å². The maximum absolute atomic E-state index is 12.5. The van der Waals surface area contributed by atoms with Crippen molar-refractivity contribution in [2.24, 2.45) is 40.2 Å². The number of nitrogens with two attached hydrogens (primary N) is 1. The van der Waals surface area contributed by atoms with Gasteiger partial charge in [0.1, 0.15) is 6.10 Å². The number of rotatable bonds is 5. The average Bonchev–Trinajstić information content (AvgIpc) is 3.05. The van der Waals surface area contributed by atoms with Crippen molar-refractivity contribution in [3.05, 3.63) is 0 Å². The molecule has 0 spiro atoms. The summed E-state index contributed by atoms with van der Waals surface area (Å²) in [4.78, 5) is 24.7. The molecule has 0 aromatic rings. The van der Waals surface area contributed by atoms with Crippen molar-refractivity contribution in [3.63, 3.8) is 0 Å². The van der Waals surface area contributed by atoms with Gasteiger partial charge in [-0.3, -0.25) is 4.79 Å². The molecule has 0 aliphatic heterocycles. The summed E-state index contributed by atoms with van der Waals surface area (Å²) in [6, 6.07) is 0. The Kier molecular flexibility index (Phi) is 6.54. The summed E-state index contributed by atoms with van der Waals surface area (Å²) in [5.41, 5.74) is 7.03. The Bertz CT molecular complexity index is 731. The lowest BCUT2D eigenvalue weighted by molar-refractivity contribution is -0.160. The van der Waals surface area contributed by atoms with E-state index < -0.39 is 0 Å². The minimum absolute atomic E-state index is 0.0111. The van der Waals surface area contributed by atoms with E-state index in [4.69, 9.17) is 19.9 Å². The number of methoxy groups -OCH3 is 2. The highest BCUT2D eigenvalue weighted by Crippen LogP contribution is 2.68.